The molecule has 1 aliphatic heterocycles. The lowest BCUT2D eigenvalue weighted by Gasteiger charge is -2.38. The zero-order chi connectivity index (χ0) is 31.3. The fourth-order valence-electron chi connectivity index (χ4n) is 4.75. The van der Waals surface area contributed by atoms with Crippen LogP contribution >= 0.6 is 0 Å². The average molecular weight is 611 g/mol. The van der Waals surface area contributed by atoms with Gasteiger partial charge in [0.05, 0.1) is 39.6 Å². The predicted molar refractivity (Wildman–Crippen MR) is 154 cm³/mol. The zero-order valence-electron chi connectivity index (χ0n) is 24.9. The van der Waals surface area contributed by atoms with E-state index in [-0.39, 0.29) is 0 Å². The van der Waals surface area contributed by atoms with Crippen LogP contribution in [0.2, 0.25) is 0 Å². The molecule has 2 aromatic carbocycles. The maximum atomic E-state index is 8.52. The monoisotopic (exact) mass is 610 g/mol. The molecular formula is C26H34N12O4S. The highest BCUT2D eigenvalue weighted by Crippen LogP contribution is 2.30. The number of anilines is 2. The number of hydrogen-bond acceptors (Lipinski definition) is 12. The molecule has 2 aromatic heterocycles. The first-order valence-electron chi connectivity index (χ1n) is 13.3. The Bertz CT molecular complexity index is 1590. The molecule has 5 rings (SSSR count). The lowest BCUT2D eigenvalue weighted by atomic mass is 10.1. The fraction of sp³-hybridized carbons (Fsp3) is 0.385. The van der Waals surface area contributed by atoms with Gasteiger partial charge >= 0.3 is 11.9 Å². The van der Waals surface area contributed by atoms with E-state index in [1.54, 1.807) is 22.0 Å². The van der Waals surface area contributed by atoms with Crippen LogP contribution in [0.3, 0.4) is 0 Å². The summed E-state index contributed by atoms with van der Waals surface area (Å²) in [7, 11) is 2.35. The van der Waals surface area contributed by atoms with Crippen LogP contribution in [0.4, 0.5) is 34.6 Å². The summed E-state index contributed by atoms with van der Waals surface area (Å²) in [6, 6.07) is 12.5. The van der Waals surface area contributed by atoms with Crippen LogP contribution in [0, 0.1) is 13.8 Å². The molecule has 0 atom stereocenters. The molecule has 0 bridgehead atoms. The Morgan fingerprint density at radius 2 is 1.05 bits per heavy atom. The van der Waals surface area contributed by atoms with Crippen LogP contribution in [0.15, 0.2) is 69.5 Å². The van der Waals surface area contributed by atoms with Gasteiger partial charge in [0.15, 0.2) is 0 Å². The Morgan fingerprint density at radius 3 is 1.33 bits per heavy atom. The molecule has 0 unspecified atom stereocenters. The minimum Gasteiger partial charge on any atom is -0.759 e. The summed E-state index contributed by atoms with van der Waals surface area (Å²) in [5, 5.41) is 25.9. The summed E-state index contributed by atoms with van der Waals surface area (Å²) in [4.78, 5) is 4.89. The smallest absolute Gasteiger partial charge is 0.403 e. The van der Waals surface area contributed by atoms with Gasteiger partial charge in [-0.1, -0.05) is 10.2 Å². The third-order valence-electron chi connectivity index (χ3n) is 6.84. The van der Waals surface area contributed by atoms with Crippen LogP contribution in [-0.2, 0) is 38.6 Å². The molecule has 0 amide bonds. The van der Waals surface area contributed by atoms with Crippen LogP contribution in [0.25, 0.3) is 0 Å². The molecule has 16 nitrogen and oxygen atoms in total. The molecule has 0 spiro atoms. The predicted octanol–water partition coefficient (Wildman–Crippen LogP) is 2.24. The van der Waals surface area contributed by atoms with E-state index >= 15 is 0 Å². The Kier molecular flexibility index (Phi) is 9.57. The lowest BCUT2D eigenvalue weighted by molar-refractivity contribution is -0.659. The van der Waals surface area contributed by atoms with E-state index in [9.17, 15) is 0 Å². The van der Waals surface area contributed by atoms with E-state index in [1.807, 2.05) is 49.5 Å². The van der Waals surface area contributed by atoms with Crippen LogP contribution in [-0.4, -0.2) is 63.3 Å². The Balaban J connectivity index is 0.000000782. The Labute approximate surface area is 249 Å². The molecule has 0 saturated carbocycles. The van der Waals surface area contributed by atoms with Crippen molar-refractivity contribution in [3.8, 4) is 0 Å². The third kappa shape index (κ3) is 8.24. The van der Waals surface area contributed by atoms with Crippen molar-refractivity contribution < 1.29 is 26.7 Å². The quantitative estimate of drug-likeness (QED) is 0.138. The van der Waals surface area contributed by atoms with Gasteiger partial charge < -0.3 is 18.9 Å². The second-order valence-electron chi connectivity index (χ2n) is 10.1. The number of hydrogen-bond donors (Lipinski definition) is 0. The summed E-state index contributed by atoms with van der Waals surface area (Å²) >= 11 is 0. The molecule has 228 valence electrons. The number of piperazine rings is 1. The van der Waals surface area contributed by atoms with E-state index in [4.69, 9.17) is 17.5 Å². The summed E-state index contributed by atoms with van der Waals surface area (Å²) in [5.74, 6) is 1.38. The first-order chi connectivity index (χ1) is 20.3. The second-order valence-corrected chi connectivity index (χ2v) is 10.9. The van der Waals surface area contributed by atoms with Gasteiger partial charge in [-0.25, -0.2) is 9.13 Å². The van der Waals surface area contributed by atoms with Gasteiger partial charge in [0.2, 0.25) is 12.7 Å². The van der Waals surface area contributed by atoms with Crippen LogP contribution < -0.4 is 18.9 Å². The number of rotatable bonds is 6. The molecular weight excluding hydrogens is 576 g/mol. The van der Waals surface area contributed by atoms with E-state index in [0.717, 1.165) is 37.6 Å². The lowest BCUT2D eigenvalue weighted by Crippen LogP contribution is -2.47. The standard InChI is InChI=1S/C26H34N12.H2O4S/c1-19-15-21(29-31-25-33(3)17-27-35(25)5)7-9-23(19)37-11-13-38(14-12-37)24-10-8-22(16-20(24)2)30-32-26-34(4)18-28-36(26)6;1-5(2,3)4/h7-10,15-18H,11-14H2,1-6H3;(H2,1,2,3,4)/q+2;/p-2. The van der Waals surface area contributed by atoms with Gasteiger partial charge in [0, 0.05) is 58.2 Å². The zero-order valence-corrected chi connectivity index (χ0v) is 25.7. The molecule has 4 aromatic rings. The second kappa shape index (κ2) is 13.1. The van der Waals surface area contributed by atoms with Crippen molar-refractivity contribution in [3.63, 3.8) is 0 Å². The molecule has 1 saturated heterocycles. The molecule has 1 fully saturated rings. The van der Waals surface area contributed by atoms with Gasteiger partial charge in [0.25, 0.3) is 0 Å². The van der Waals surface area contributed by atoms with Gasteiger partial charge in [-0.2, -0.15) is 0 Å². The van der Waals surface area contributed by atoms with Gasteiger partial charge in [-0.15, -0.1) is 9.36 Å². The SMILES string of the molecule is Cc1cc(N=Nc2n(C)nc[n+]2C)ccc1N1CCN(c2ccc(N=Nc3n(C)nc[n+]3C)cc2C)CC1.O=S(=O)([O-])[O-]. The van der Waals surface area contributed by atoms with Crippen molar-refractivity contribution in [3.05, 3.63) is 60.2 Å². The van der Waals surface area contributed by atoms with Crippen molar-refractivity contribution in [2.24, 2.45) is 48.6 Å². The highest BCUT2D eigenvalue weighted by Gasteiger charge is 2.21. The van der Waals surface area contributed by atoms with Crippen molar-refractivity contribution in [1.29, 1.82) is 0 Å². The van der Waals surface area contributed by atoms with E-state index in [0.29, 0.717) is 11.9 Å². The molecule has 1 aliphatic rings. The highest BCUT2D eigenvalue weighted by atomic mass is 32.3. The van der Waals surface area contributed by atoms with Gasteiger partial charge in [-0.05, 0) is 71.6 Å². The molecule has 17 heteroatoms. The molecule has 0 N–H and O–H groups in total. The van der Waals surface area contributed by atoms with E-state index < -0.39 is 10.4 Å². The van der Waals surface area contributed by atoms with Crippen LogP contribution in [0.5, 0.6) is 0 Å². The summed E-state index contributed by atoms with van der Waals surface area (Å²) in [6.45, 7) is 8.06. The largest absolute Gasteiger partial charge is 0.759 e. The summed E-state index contributed by atoms with van der Waals surface area (Å²) < 4.78 is 41.2. The van der Waals surface area contributed by atoms with Crippen molar-refractivity contribution in [2.45, 2.75) is 13.8 Å². The topological polar surface area (TPSA) is 180 Å². The van der Waals surface area contributed by atoms with E-state index in [1.165, 1.54) is 22.5 Å². The maximum absolute atomic E-state index is 8.52. The summed E-state index contributed by atoms with van der Waals surface area (Å²) in [6.07, 6.45) is 3.43. The average Bonchev–Trinajstić information content (AvgIpc) is 3.44. The van der Waals surface area contributed by atoms with Crippen LogP contribution in [0.1, 0.15) is 11.1 Å². The van der Waals surface area contributed by atoms with Crippen molar-refractivity contribution in [1.82, 2.24) is 19.6 Å². The van der Waals surface area contributed by atoms with Crippen molar-refractivity contribution >= 4 is 45.0 Å². The Hall–Kier alpha value is -4.61. The van der Waals surface area contributed by atoms with Gasteiger partial charge in [-0.3, -0.25) is 8.42 Å². The van der Waals surface area contributed by atoms with E-state index in [2.05, 4.69) is 78.6 Å². The molecule has 43 heavy (non-hydrogen) atoms. The molecule has 3 heterocycles. The number of azo groups is 2. The minimum absolute atomic E-state index is 0.691. The first-order valence-corrected chi connectivity index (χ1v) is 14.6. The normalized spacial score (nSPS) is 14.0. The molecule has 0 radical (unpaired) electrons. The summed E-state index contributed by atoms with van der Waals surface area (Å²) in [5.41, 5.74) is 6.53. The number of aromatic nitrogens is 6. The number of aryl methyl sites for hydroxylation is 6. The first kappa shape index (κ1) is 31.3. The minimum atomic E-state index is -5.17. The highest BCUT2D eigenvalue weighted by molar-refractivity contribution is 7.79. The number of benzene rings is 2. The fourth-order valence-corrected chi connectivity index (χ4v) is 4.75. The van der Waals surface area contributed by atoms with Gasteiger partial charge in [0.1, 0.15) is 0 Å². The third-order valence-corrected chi connectivity index (χ3v) is 6.84. The molecule has 0 aliphatic carbocycles. The maximum Gasteiger partial charge on any atom is 0.403 e. The number of nitrogens with zero attached hydrogens (tertiary/aromatic N) is 12. The Morgan fingerprint density at radius 1 is 0.698 bits per heavy atom. The van der Waals surface area contributed by atoms with Crippen molar-refractivity contribution in [2.75, 3.05) is 36.0 Å².